The Morgan fingerprint density at radius 2 is 1.82 bits per heavy atom. The van der Waals surface area contributed by atoms with Crippen LogP contribution < -0.4 is 49.5 Å². The number of aromatic nitrogens is 4. The van der Waals surface area contributed by atoms with Gasteiger partial charge in [0.2, 0.25) is 4.73 Å². The molecule has 0 bridgehead atoms. The monoisotopic (exact) mass is 581 g/mol. The van der Waals surface area contributed by atoms with E-state index in [1.165, 1.54) is 6.33 Å². The molecule has 0 unspecified atom stereocenters. The van der Waals surface area contributed by atoms with Crippen molar-refractivity contribution in [1.82, 2.24) is 44.1 Å². The van der Waals surface area contributed by atoms with Crippen LogP contribution in [0.15, 0.2) is 11.1 Å². The van der Waals surface area contributed by atoms with Gasteiger partial charge in [-0.25, -0.2) is 15.0 Å². The molecule has 33 heavy (non-hydrogen) atoms. The maximum Gasteiger partial charge on any atom is 0.200 e. The summed E-state index contributed by atoms with van der Waals surface area (Å²) in [5, 5.41) is 2.90. The number of hydrogen-bond acceptors (Lipinski definition) is 12. The summed E-state index contributed by atoms with van der Waals surface area (Å²) in [7, 11) is -8.97. The van der Waals surface area contributed by atoms with Gasteiger partial charge in [0.05, 0.1) is 34.7 Å². The molecule has 2 aliphatic rings. The summed E-state index contributed by atoms with van der Waals surface area (Å²) in [5.41, 5.74) is -0.148. The fourth-order valence-electron chi connectivity index (χ4n) is 4.23. The molecule has 0 aliphatic heterocycles. The van der Waals surface area contributed by atoms with Crippen molar-refractivity contribution in [3.63, 3.8) is 0 Å². The van der Waals surface area contributed by atoms with E-state index in [1.54, 1.807) is 11.6 Å². The first-order chi connectivity index (χ1) is 13.4. The van der Waals surface area contributed by atoms with Gasteiger partial charge in [-0.15, -0.1) is 0 Å². The molecule has 4 rings (SSSR count). The van der Waals surface area contributed by atoms with Crippen molar-refractivity contribution in [2.24, 2.45) is 11.3 Å². The van der Waals surface area contributed by atoms with Crippen LogP contribution in [-0.4, -0.2) is 39.3 Å². The fourth-order valence-corrected chi connectivity index (χ4v) is 5.59. The Labute approximate surface area is 197 Å². The Hall–Kier alpha value is -1.11. The molecule has 2 aromatic rings. The molecule has 2 fully saturated rings. The lowest BCUT2D eigenvalue weighted by atomic mass is 10.0. The summed E-state index contributed by atoms with van der Waals surface area (Å²) in [4.78, 5) is 57.0. The van der Waals surface area contributed by atoms with Gasteiger partial charge in [0, 0.05) is 18.5 Å². The second-order valence-corrected chi connectivity index (χ2v) is 9.99. The zero-order valence-electron chi connectivity index (χ0n) is 18.8. The van der Waals surface area contributed by atoms with E-state index in [4.69, 9.17) is 4.52 Å². The lowest BCUT2D eigenvalue weighted by Gasteiger charge is -2.37. The number of rotatable bonds is 7. The molecular formula is C13H30BrN9O8P2. The van der Waals surface area contributed by atoms with Crippen LogP contribution in [0.25, 0.3) is 11.2 Å². The predicted octanol–water partition coefficient (Wildman–Crippen LogP) is 0.146. The largest absolute Gasteiger partial charge is 0.790 e. The Morgan fingerprint density at radius 3 is 2.36 bits per heavy atom. The highest BCUT2D eigenvalue weighted by atomic mass is 79.9. The van der Waals surface area contributed by atoms with E-state index < -0.39 is 39.8 Å². The van der Waals surface area contributed by atoms with E-state index in [2.05, 4.69) is 40.7 Å². The lowest BCUT2D eigenvalue weighted by Crippen LogP contribution is -2.32. The van der Waals surface area contributed by atoms with Crippen LogP contribution in [0.1, 0.15) is 18.9 Å². The van der Waals surface area contributed by atoms with Crippen LogP contribution in [0.4, 0.5) is 5.82 Å². The van der Waals surface area contributed by atoms with Crippen LogP contribution in [-0.2, 0) is 18.2 Å². The number of fused-ring (bicyclic) bond motifs is 2. The molecule has 0 spiro atoms. The quantitative estimate of drug-likeness (QED) is 0.215. The minimum absolute atomic E-state index is 0. The SMILES string of the molecule is CNc1nc(Br)nc2c1ncn2[C@H]1C[C@H](OP(=O)([O-])[O-])[C@@]2(COP(=O)([O-])[O-])C[C@H]12.[NH4+].[NH4+].[NH4+].[NH4+]. The van der Waals surface area contributed by atoms with Gasteiger partial charge in [-0.1, -0.05) is 0 Å². The van der Waals surface area contributed by atoms with Crippen LogP contribution >= 0.6 is 31.6 Å². The van der Waals surface area contributed by atoms with Crippen molar-refractivity contribution >= 4 is 48.6 Å². The van der Waals surface area contributed by atoms with E-state index in [1.807, 2.05) is 0 Å². The summed E-state index contributed by atoms with van der Waals surface area (Å²) >= 11 is 3.22. The summed E-state index contributed by atoms with van der Waals surface area (Å²) in [6.07, 6.45) is 0.764. The number of phosphoric acid groups is 2. The molecule has 0 amide bonds. The van der Waals surface area contributed by atoms with E-state index in [9.17, 15) is 28.7 Å². The molecule has 4 atom stereocenters. The number of phosphoric ester groups is 2. The number of hydrogen-bond donors (Lipinski definition) is 5. The number of anilines is 1. The predicted molar refractivity (Wildman–Crippen MR) is 117 cm³/mol. The topological polar surface area (TPSA) is 346 Å². The average Bonchev–Trinajstić information content (AvgIpc) is 3.07. The first kappa shape index (κ1) is 31.9. The standard InChI is InChI=1S/C13H18BrN5O8P2.4H3N/c1-15-10-9-11(18-12(14)17-10)19(5-16-9)7-2-8(27-29(23,24)25)13(3-6(7)13)4-26-28(20,21)22;;;;/h5-8H,2-4H2,1H3,(H,15,17,18)(H2,20,21,22)(H2,23,24,25);4*1H3/t6-,7+,8+,13-;;;;/m1..../s1. The van der Waals surface area contributed by atoms with Gasteiger partial charge in [-0.05, 0) is 34.7 Å². The van der Waals surface area contributed by atoms with Crippen molar-refractivity contribution in [3.05, 3.63) is 11.1 Å². The Morgan fingerprint density at radius 1 is 1.18 bits per heavy atom. The van der Waals surface area contributed by atoms with Crippen molar-refractivity contribution < 1.29 is 37.8 Å². The highest BCUT2D eigenvalue weighted by Gasteiger charge is 2.68. The second-order valence-electron chi connectivity index (χ2n) is 7.02. The molecule has 0 aromatic carbocycles. The average molecular weight is 582 g/mol. The van der Waals surface area contributed by atoms with Crippen LogP contribution in [0, 0.1) is 11.3 Å². The third-order valence-electron chi connectivity index (χ3n) is 5.48. The minimum atomic E-state index is -5.35. The fraction of sp³-hybridized carbons (Fsp3) is 0.615. The normalized spacial score (nSPS) is 25.7. The van der Waals surface area contributed by atoms with Gasteiger partial charge in [-0.2, -0.15) is 0 Å². The highest BCUT2D eigenvalue weighted by Crippen LogP contribution is 2.70. The van der Waals surface area contributed by atoms with Gasteiger partial charge in [0.1, 0.15) is 0 Å². The Kier molecular flexibility index (Phi) is 10.3. The minimum Gasteiger partial charge on any atom is -0.790 e. The molecular weight excluding hydrogens is 552 g/mol. The second kappa shape index (κ2) is 10.7. The van der Waals surface area contributed by atoms with Gasteiger partial charge in [0.15, 0.2) is 17.0 Å². The van der Waals surface area contributed by atoms with E-state index >= 15 is 0 Å². The molecule has 192 valence electrons. The highest BCUT2D eigenvalue weighted by molar-refractivity contribution is 9.10. The lowest BCUT2D eigenvalue weighted by molar-refractivity contribution is -0.347. The third-order valence-corrected chi connectivity index (χ3v) is 6.79. The molecule has 17 nitrogen and oxygen atoms in total. The van der Waals surface area contributed by atoms with Gasteiger partial charge < -0.3 is 72.2 Å². The van der Waals surface area contributed by atoms with E-state index in [0.717, 1.165) is 0 Å². The smallest absolute Gasteiger partial charge is 0.200 e. The van der Waals surface area contributed by atoms with Crippen LogP contribution in [0.2, 0.25) is 0 Å². The van der Waals surface area contributed by atoms with Gasteiger partial charge >= 0.3 is 0 Å². The number of nitrogens with one attached hydrogen (secondary N) is 1. The summed E-state index contributed by atoms with van der Waals surface area (Å²) in [6.45, 7) is -0.559. The maximum absolute atomic E-state index is 11.2. The van der Waals surface area contributed by atoms with Crippen LogP contribution in [0.3, 0.4) is 0 Å². The Bertz CT molecular complexity index is 1060. The molecule has 0 radical (unpaired) electrons. The number of quaternary nitrogens is 4. The zero-order valence-corrected chi connectivity index (χ0v) is 22.1. The Balaban J connectivity index is 0.00000256. The maximum atomic E-state index is 11.2. The first-order valence-electron chi connectivity index (χ1n) is 8.38. The molecule has 2 saturated carbocycles. The first-order valence-corrected chi connectivity index (χ1v) is 12.1. The van der Waals surface area contributed by atoms with Crippen molar-refractivity contribution in [3.8, 4) is 0 Å². The van der Waals surface area contributed by atoms with Crippen molar-refractivity contribution in [1.29, 1.82) is 0 Å². The molecule has 20 heteroatoms. The number of halogens is 1. The third kappa shape index (κ3) is 6.12. The summed E-state index contributed by atoms with van der Waals surface area (Å²) in [5.74, 6) is 0.175. The summed E-state index contributed by atoms with van der Waals surface area (Å²) in [6, 6.07) is -0.399. The van der Waals surface area contributed by atoms with E-state index in [0.29, 0.717) is 28.1 Å². The van der Waals surface area contributed by atoms with Gasteiger partial charge in [0.25, 0.3) is 0 Å². The molecule has 2 aliphatic carbocycles. The molecule has 2 heterocycles. The van der Waals surface area contributed by atoms with Crippen molar-refractivity contribution in [2.75, 3.05) is 19.0 Å². The number of imidazole rings is 1. The van der Waals surface area contributed by atoms with Crippen LogP contribution in [0.5, 0.6) is 0 Å². The molecule has 17 N–H and O–H groups in total. The number of nitrogens with zero attached hydrogens (tertiary/aromatic N) is 4. The van der Waals surface area contributed by atoms with E-state index in [-0.39, 0.29) is 36.9 Å². The molecule has 2 aromatic heterocycles. The molecule has 0 saturated heterocycles. The van der Waals surface area contributed by atoms with Crippen molar-refractivity contribution in [2.45, 2.75) is 25.0 Å². The summed E-state index contributed by atoms with van der Waals surface area (Å²) < 4.78 is 33.3. The van der Waals surface area contributed by atoms with Gasteiger partial charge in [-0.3, -0.25) is 0 Å². The zero-order chi connectivity index (χ0) is 21.2.